The first-order valence-electron chi connectivity index (χ1n) is 6.21. The summed E-state index contributed by atoms with van der Waals surface area (Å²) in [6, 6.07) is 7.28. The van der Waals surface area contributed by atoms with Gasteiger partial charge in [-0.3, -0.25) is 4.79 Å². The van der Waals surface area contributed by atoms with Crippen LogP contribution in [0.4, 0.5) is 0 Å². The highest BCUT2D eigenvalue weighted by Gasteiger charge is 2.09. The summed E-state index contributed by atoms with van der Waals surface area (Å²) in [4.78, 5) is 12.3. The Morgan fingerprint density at radius 3 is 2.09 bits per heavy atom. The molecule has 1 amide bonds. The van der Waals surface area contributed by atoms with Crippen LogP contribution in [0, 0.1) is 0 Å². The maximum Gasteiger partial charge on any atom is 0.257 e. The predicted molar refractivity (Wildman–Crippen MR) is 94.9 cm³/mol. The van der Waals surface area contributed by atoms with Crippen LogP contribution in [-0.2, 0) is 11.3 Å². The molecule has 1 aromatic carbocycles. The number of thiocarbonyl (C=S) groups is 2. The van der Waals surface area contributed by atoms with Crippen molar-refractivity contribution in [2.75, 3.05) is 6.54 Å². The van der Waals surface area contributed by atoms with E-state index in [9.17, 15) is 9.90 Å². The second-order valence-corrected chi connectivity index (χ2v) is 5.46. The molecule has 9 heteroatoms. The largest absolute Gasteiger partial charge is 0.487 e. The Balaban J connectivity index is 0.000000980. The van der Waals surface area contributed by atoms with Crippen LogP contribution in [0.3, 0.4) is 0 Å². The molecule has 0 atom stereocenters. The molecular formula is C13H18ClN3O3S2. The molecule has 0 bridgehead atoms. The number of halogens is 1. The fourth-order valence-corrected chi connectivity index (χ4v) is 1.78. The van der Waals surface area contributed by atoms with Crippen molar-refractivity contribution in [3.05, 3.63) is 34.9 Å². The smallest absolute Gasteiger partial charge is 0.257 e. The molecule has 6 nitrogen and oxygen atoms in total. The molecule has 122 valence electrons. The zero-order chi connectivity index (χ0) is 17.1. The average Bonchev–Trinajstić information content (AvgIpc) is 2.38. The van der Waals surface area contributed by atoms with Crippen LogP contribution in [0.5, 0.6) is 0 Å². The molecule has 0 aliphatic rings. The third-order valence-corrected chi connectivity index (χ3v) is 2.92. The molecule has 1 aromatic rings. The van der Waals surface area contributed by atoms with Gasteiger partial charge in [0.25, 0.3) is 10.3 Å². The Morgan fingerprint density at radius 1 is 1.18 bits per heavy atom. The molecule has 0 heterocycles. The van der Waals surface area contributed by atoms with E-state index in [1.54, 1.807) is 17.0 Å². The zero-order valence-corrected chi connectivity index (χ0v) is 14.1. The van der Waals surface area contributed by atoms with E-state index in [-0.39, 0.29) is 17.5 Å². The van der Waals surface area contributed by atoms with Gasteiger partial charge in [-0.25, -0.2) is 0 Å². The molecule has 6 N–H and O–H groups in total. The average molecular weight is 364 g/mol. The van der Waals surface area contributed by atoms with Crippen molar-refractivity contribution in [3.8, 4) is 0 Å². The number of primary amides is 1. The number of nitrogens with zero attached hydrogens (tertiary/aromatic N) is 1. The molecule has 22 heavy (non-hydrogen) atoms. The van der Waals surface area contributed by atoms with Gasteiger partial charge in [0.2, 0.25) is 5.91 Å². The van der Waals surface area contributed by atoms with Gasteiger partial charge in [0.1, 0.15) is 0 Å². The molecular weight excluding hydrogens is 346 g/mol. The fraction of sp³-hybridized carbons (Fsp3) is 0.308. The standard InChI is InChI=1S/C12H15ClN2O2S.CH3NOS/c13-10-5-3-9(4-6-10)8-15(12(17)18)7-1-2-11(14)16;2-1(3)4/h3-6H,1-2,7-8H2,(H2,14,16)(H,17,18);(H3,2,3,4). The van der Waals surface area contributed by atoms with Crippen LogP contribution in [0.15, 0.2) is 24.3 Å². The number of rotatable bonds is 6. The van der Waals surface area contributed by atoms with Crippen molar-refractivity contribution in [3.63, 3.8) is 0 Å². The van der Waals surface area contributed by atoms with Gasteiger partial charge in [0.05, 0.1) is 0 Å². The van der Waals surface area contributed by atoms with Crippen molar-refractivity contribution >= 4 is 52.3 Å². The Hall–Kier alpha value is -1.64. The van der Waals surface area contributed by atoms with E-state index in [1.165, 1.54) is 0 Å². The summed E-state index contributed by atoms with van der Waals surface area (Å²) in [5, 5.41) is 16.9. The molecule has 0 fully saturated rings. The topological polar surface area (TPSA) is 113 Å². The summed E-state index contributed by atoms with van der Waals surface area (Å²) in [5.74, 6) is -0.356. The van der Waals surface area contributed by atoms with Gasteiger partial charge < -0.3 is 26.6 Å². The van der Waals surface area contributed by atoms with E-state index in [2.05, 4.69) is 18.0 Å². The molecule has 0 aliphatic heterocycles. The molecule has 0 spiro atoms. The third-order valence-electron chi connectivity index (χ3n) is 2.41. The van der Waals surface area contributed by atoms with Crippen molar-refractivity contribution in [1.82, 2.24) is 4.90 Å². The lowest BCUT2D eigenvalue weighted by Crippen LogP contribution is -2.30. The molecule has 1 rings (SSSR count). The van der Waals surface area contributed by atoms with Crippen LogP contribution in [0.2, 0.25) is 5.02 Å². The van der Waals surface area contributed by atoms with Crippen molar-refractivity contribution < 1.29 is 15.0 Å². The fourth-order valence-electron chi connectivity index (χ4n) is 1.50. The first-order valence-corrected chi connectivity index (χ1v) is 7.40. The predicted octanol–water partition coefficient (Wildman–Crippen LogP) is 2.04. The summed E-state index contributed by atoms with van der Waals surface area (Å²) in [5.41, 5.74) is 10.4. The lowest BCUT2D eigenvalue weighted by Gasteiger charge is -2.21. The Kier molecular flexibility index (Phi) is 10.2. The van der Waals surface area contributed by atoms with Crippen LogP contribution in [0.25, 0.3) is 0 Å². The van der Waals surface area contributed by atoms with Crippen LogP contribution < -0.4 is 11.5 Å². The minimum absolute atomic E-state index is 0.186. The SMILES string of the molecule is NC(=O)CCCN(Cc1ccc(Cl)cc1)C(O)=S.NC(O)=S. The lowest BCUT2D eigenvalue weighted by atomic mass is 10.2. The van der Waals surface area contributed by atoms with Crippen molar-refractivity contribution in [2.24, 2.45) is 11.5 Å². The van der Waals surface area contributed by atoms with E-state index < -0.39 is 5.17 Å². The van der Waals surface area contributed by atoms with Crippen LogP contribution in [0.1, 0.15) is 18.4 Å². The number of nitrogens with two attached hydrogens (primary N) is 2. The molecule has 0 aromatic heterocycles. The summed E-state index contributed by atoms with van der Waals surface area (Å²) in [7, 11) is 0. The Morgan fingerprint density at radius 2 is 1.68 bits per heavy atom. The van der Waals surface area contributed by atoms with Gasteiger partial charge in [-0.1, -0.05) is 23.7 Å². The summed E-state index contributed by atoms with van der Waals surface area (Å²) < 4.78 is 0. The highest BCUT2D eigenvalue weighted by atomic mass is 35.5. The van der Waals surface area contributed by atoms with E-state index >= 15 is 0 Å². The summed E-state index contributed by atoms with van der Waals surface area (Å²) >= 11 is 14.4. The molecule has 0 saturated carbocycles. The maximum absolute atomic E-state index is 10.6. The third kappa shape index (κ3) is 11.1. The van der Waals surface area contributed by atoms with Gasteiger partial charge in [0, 0.05) is 24.5 Å². The maximum atomic E-state index is 10.6. The highest BCUT2D eigenvalue weighted by molar-refractivity contribution is 7.80. The highest BCUT2D eigenvalue weighted by Crippen LogP contribution is 2.12. The van der Waals surface area contributed by atoms with Crippen LogP contribution >= 0.6 is 36.0 Å². The monoisotopic (exact) mass is 363 g/mol. The number of carbonyl (C=O) groups is 1. The minimum atomic E-state index is -0.500. The quantitative estimate of drug-likeness (QED) is 0.572. The van der Waals surface area contributed by atoms with Gasteiger partial charge in [0.15, 0.2) is 0 Å². The van der Waals surface area contributed by atoms with Gasteiger partial charge >= 0.3 is 0 Å². The number of benzene rings is 1. The molecule has 0 unspecified atom stereocenters. The molecule has 0 saturated heterocycles. The summed E-state index contributed by atoms with van der Waals surface area (Å²) in [6.07, 6.45) is 0.837. The van der Waals surface area contributed by atoms with Crippen molar-refractivity contribution in [2.45, 2.75) is 19.4 Å². The normalized spacial score (nSPS) is 9.32. The Labute approximate surface area is 144 Å². The second kappa shape index (κ2) is 11.0. The zero-order valence-electron chi connectivity index (χ0n) is 11.7. The molecule has 0 aliphatic carbocycles. The first kappa shape index (κ1) is 20.4. The Bertz CT molecular complexity index is 508. The van der Waals surface area contributed by atoms with E-state index in [0.717, 1.165) is 5.56 Å². The summed E-state index contributed by atoms with van der Waals surface area (Å²) in [6.45, 7) is 0.964. The van der Waals surface area contributed by atoms with E-state index in [1.807, 2.05) is 12.1 Å². The number of carbonyl (C=O) groups excluding carboxylic acids is 1. The number of hydrogen-bond acceptors (Lipinski definition) is 3. The minimum Gasteiger partial charge on any atom is -0.487 e. The number of aliphatic hydroxyl groups is 2. The lowest BCUT2D eigenvalue weighted by molar-refractivity contribution is -0.118. The van der Waals surface area contributed by atoms with Gasteiger partial charge in [-0.15, -0.1) is 0 Å². The first-order chi connectivity index (χ1) is 10.2. The van der Waals surface area contributed by atoms with Gasteiger partial charge in [-0.2, -0.15) is 0 Å². The second-order valence-electron chi connectivity index (χ2n) is 4.24. The van der Waals surface area contributed by atoms with Gasteiger partial charge in [-0.05, 0) is 48.6 Å². The van der Waals surface area contributed by atoms with Crippen LogP contribution in [-0.4, -0.2) is 37.9 Å². The van der Waals surface area contributed by atoms with E-state index in [4.69, 9.17) is 34.7 Å². The molecule has 0 radical (unpaired) electrons. The number of hydrogen-bond donors (Lipinski definition) is 4. The van der Waals surface area contributed by atoms with Crippen molar-refractivity contribution in [1.29, 1.82) is 0 Å². The number of amides is 1. The number of aliphatic hydroxyl groups excluding tert-OH is 2. The van der Waals surface area contributed by atoms with E-state index in [0.29, 0.717) is 24.5 Å².